The Morgan fingerprint density at radius 2 is 1.60 bits per heavy atom. The summed E-state index contributed by atoms with van der Waals surface area (Å²) >= 11 is 0.662. The minimum absolute atomic E-state index is 0.0798. The number of nitrogens with zero attached hydrogens (tertiary/aromatic N) is 4. The largest absolute Gasteiger partial charge is 0.297 e. The number of anilines is 1. The molecule has 1 saturated heterocycles. The van der Waals surface area contributed by atoms with Crippen LogP contribution < -0.4 is 4.90 Å². The Kier molecular flexibility index (Phi) is 7.33. The smallest absolute Gasteiger partial charge is 0.293 e. The molecule has 0 bridgehead atoms. The molecule has 214 valence electrons. The van der Waals surface area contributed by atoms with Crippen molar-refractivity contribution in [2.45, 2.75) is 41.3 Å². The molecule has 11 nitrogen and oxygen atoms in total. The molecule has 13 heteroatoms. The molecule has 0 aliphatic carbocycles. The van der Waals surface area contributed by atoms with Gasteiger partial charge in [-0.1, -0.05) is 56.4 Å². The molecule has 4 aromatic rings. The number of pyridine rings is 1. The summed E-state index contributed by atoms with van der Waals surface area (Å²) in [5, 5.41) is 10.9. The summed E-state index contributed by atoms with van der Waals surface area (Å²) in [6.45, 7) is 6.11. The van der Waals surface area contributed by atoms with Gasteiger partial charge in [-0.15, -0.1) is 0 Å². The Morgan fingerprint density at radius 1 is 0.976 bits per heavy atom. The van der Waals surface area contributed by atoms with Crippen molar-refractivity contribution in [2.75, 3.05) is 4.90 Å². The van der Waals surface area contributed by atoms with E-state index in [0.717, 1.165) is 40.9 Å². The molecule has 1 aliphatic rings. The van der Waals surface area contributed by atoms with E-state index >= 15 is 0 Å². The first kappa shape index (κ1) is 28.9. The van der Waals surface area contributed by atoms with Gasteiger partial charge in [0.1, 0.15) is 10.1 Å². The monoisotopic (exact) mass is 604 g/mol. The second-order valence-corrected chi connectivity index (χ2v) is 13.8. The SMILES string of the molecule is CC(C)(C)c1ccc(C2C(C(=O)c3ccncc3)C(=O)C(=O)N2c2ncc(S(=O)(=O)c3ccc([N+](=O)[O-])cc3)s2)cc1. The van der Waals surface area contributed by atoms with Gasteiger partial charge < -0.3 is 0 Å². The van der Waals surface area contributed by atoms with Crippen LogP contribution in [0.5, 0.6) is 0 Å². The van der Waals surface area contributed by atoms with Gasteiger partial charge >= 0.3 is 0 Å². The van der Waals surface area contributed by atoms with Crippen LogP contribution in [0.2, 0.25) is 0 Å². The summed E-state index contributed by atoms with van der Waals surface area (Å²) in [6, 6.07) is 13.4. The molecule has 2 aromatic heterocycles. The molecular weight excluding hydrogens is 580 g/mol. The lowest BCUT2D eigenvalue weighted by atomic mass is 9.83. The summed E-state index contributed by atoms with van der Waals surface area (Å²) < 4.78 is 26.4. The molecule has 2 aromatic carbocycles. The van der Waals surface area contributed by atoms with Crippen LogP contribution in [-0.4, -0.2) is 40.8 Å². The number of sulfone groups is 1. The number of carbonyl (C=O) groups excluding carboxylic acids is 3. The maximum absolute atomic E-state index is 13.6. The zero-order valence-electron chi connectivity index (χ0n) is 22.6. The number of nitro benzene ring substituents is 1. The summed E-state index contributed by atoms with van der Waals surface area (Å²) in [5.74, 6) is -3.89. The van der Waals surface area contributed by atoms with Crippen molar-refractivity contribution in [1.82, 2.24) is 9.97 Å². The van der Waals surface area contributed by atoms with Gasteiger partial charge in [-0.3, -0.25) is 34.4 Å². The van der Waals surface area contributed by atoms with E-state index < -0.39 is 44.2 Å². The minimum atomic E-state index is -4.16. The van der Waals surface area contributed by atoms with Crippen molar-refractivity contribution < 1.29 is 27.7 Å². The van der Waals surface area contributed by atoms with E-state index in [-0.39, 0.29) is 30.9 Å². The number of hydrogen-bond donors (Lipinski definition) is 0. The normalized spacial score (nSPS) is 17.5. The van der Waals surface area contributed by atoms with Gasteiger partial charge in [-0.25, -0.2) is 13.4 Å². The first-order chi connectivity index (χ1) is 19.8. The molecule has 1 amide bonds. The fourth-order valence-electron chi connectivity index (χ4n) is 4.71. The second-order valence-electron chi connectivity index (χ2n) is 10.7. The summed E-state index contributed by atoms with van der Waals surface area (Å²) in [4.78, 5) is 59.8. The number of Topliss-reactive ketones (excluding diaryl/α,β-unsaturated/α-hetero) is 2. The van der Waals surface area contributed by atoms with Crippen LogP contribution in [0, 0.1) is 16.0 Å². The molecule has 2 atom stereocenters. The van der Waals surface area contributed by atoms with E-state index in [1.807, 2.05) is 32.9 Å². The van der Waals surface area contributed by atoms with Crippen LogP contribution in [0.4, 0.5) is 10.8 Å². The third-order valence-electron chi connectivity index (χ3n) is 6.97. The van der Waals surface area contributed by atoms with E-state index in [9.17, 15) is 32.9 Å². The van der Waals surface area contributed by atoms with E-state index in [1.54, 1.807) is 12.1 Å². The zero-order chi connectivity index (χ0) is 30.4. The standard InChI is InChI=1S/C29H24N4O7S2/c1-29(2,3)19-6-4-17(5-7-19)24-23(25(34)18-12-14-30-15-13-18)26(35)27(36)32(24)28-31-16-22(41-28)42(39,40)21-10-8-20(9-11-21)33(37)38/h4-16,23-24H,1-3H3. The Balaban J connectivity index is 1.59. The van der Waals surface area contributed by atoms with E-state index in [0.29, 0.717) is 16.9 Å². The molecule has 42 heavy (non-hydrogen) atoms. The molecular formula is C29H24N4O7S2. The quantitative estimate of drug-likeness (QED) is 0.0956. The first-order valence-corrected chi connectivity index (χ1v) is 15.0. The van der Waals surface area contributed by atoms with Crippen LogP contribution in [-0.2, 0) is 24.8 Å². The Morgan fingerprint density at radius 3 is 2.17 bits per heavy atom. The highest BCUT2D eigenvalue weighted by Crippen LogP contribution is 2.44. The number of non-ortho nitro benzene ring substituents is 1. The average molecular weight is 605 g/mol. The predicted molar refractivity (Wildman–Crippen MR) is 153 cm³/mol. The third-order valence-corrected chi connectivity index (χ3v) is 10.2. The molecule has 0 saturated carbocycles. The number of benzene rings is 2. The molecule has 0 spiro atoms. The Hall–Kier alpha value is -4.62. The molecule has 1 aliphatic heterocycles. The van der Waals surface area contributed by atoms with Gasteiger partial charge in [-0.2, -0.15) is 0 Å². The molecule has 0 radical (unpaired) electrons. The van der Waals surface area contributed by atoms with Gasteiger partial charge in [0.15, 0.2) is 10.9 Å². The number of hydrogen-bond acceptors (Lipinski definition) is 10. The summed E-state index contributed by atoms with van der Waals surface area (Å²) in [7, 11) is -4.16. The van der Waals surface area contributed by atoms with Crippen LogP contribution in [0.3, 0.4) is 0 Å². The lowest BCUT2D eigenvalue weighted by Gasteiger charge is -2.26. The second kappa shape index (κ2) is 10.7. The summed E-state index contributed by atoms with van der Waals surface area (Å²) in [6.07, 6.45) is 3.89. The van der Waals surface area contributed by atoms with Crippen molar-refractivity contribution in [3.63, 3.8) is 0 Å². The number of carbonyl (C=O) groups is 3. The fourth-order valence-corrected chi connectivity index (χ4v) is 7.26. The van der Waals surface area contributed by atoms with E-state index in [4.69, 9.17) is 0 Å². The average Bonchev–Trinajstić information content (AvgIpc) is 3.56. The number of ketones is 2. The Labute approximate surface area is 244 Å². The van der Waals surface area contributed by atoms with Crippen molar-refractivity contribution in [2.24, 2.45) is 5.92 Å². The fraction of sp³-hybridized carbons (Fsp3) is 0.207. The molecule has 5 rings (SSSR count). The number of thiazole rings is 1. The zero-order valence-corrected chi connectivity index (χ0v) is 24.3. The van der Waals surface area contributed by atoms with E-state index in [1.165, 1.54) is 24.5 Å². The van der Waals surface area contributed by atoms with Gasteiger partial charge in [-0.05, 0) is 40.8 Å². The molecule has 2 unspecified atom stereocenters. The van der Waals surface area contributed by atoms with Gasteiger partial charge in [0.25, 0.3) is 11.6 Å². The number of aromatic nitrogens is 2. The predicted octanol–water partition coefficient (Wildman–Crippen LogP) is 4.73. The number of amides is 1. The van der Waals surface area contributed by atoms with Crippen LogP contribution in [0.1, 0.15) is 48.3 Å². The van der Waals surface area contributed by atoms with Crippen molar-refractivity contribution >= 4 is 49.5 Å². The van der Waals surface area contributed by atoms with Crippen LogP contribution in [0.25, 0.3) is 0 Å². The summed E-state index contributed by atoms with van der Waals surface area (Å²) in [5.41, 5.74) is 1.25. The minimum Gasteiger partial charge on any atom is -0.293 e. The van der Waals surface area contributed by atoms with Crippen molar-refractivity contribution in [1.29, 1.82) is 0 Å². The molecule has 3 heterocycles. The highest BCUT2D eigenvalue weighted by atomic mass is 32.2. The Bertz CT molecular complexity index is 1810. The highest BCUT2D eigenvalue weighted by molar-refractivity contribution is 7.93. The maximum atomic E-state index is 13.6. The molecule has 1 fully saturated rings. The lowest BCUT2D eigenvalue weighted by molar-refractivity contribution is -0.384. The maximum Gasteiger partial charge on any atom is 0.297 e. The van der Waals surface area contributed by atoms with Crippen molar-refractivity contribution in [3.8, 4) is 0 Å². The third kappa shape index (κ3) is 5.12. The number of rotatable bonds is 7. The molecule has 0 N–H and O–H groups in total. The van der Waals surface area contributed by atoms with E-state index in [2.05, 4.69) is 9.97 Å². The first-order valence-electron chi connectivity index (χ1n) is 12.7. The van der Waals surface area contributed by atoms with Gasteiger partial charge in [0.05, 0.1) is 22.1 Å². The lowest BCUT2D eigenvalue weighted by Crippen LogP contribution is -2.30. The highest BCUT2D eigenvalue weighted by Gasteiger charge is 2.53. The van der Waals surface area contributed by atoms with Gasteiger partial charge in [0.2, 0.25) is 15.6 Å². The van der Waals surface area contributed by atoms with Crippen molar-refractivity contribution in [3.05, 3.63) is 106 Å². The van der Waals surface area contributed by atoms with Crippen LogP contribution in [0.15, 0.2) is 88.4 Å². The van der Waals surface area contributed by atoms with Crippen LogP contribution >= 0.6 is 11.3 Å². The topological polar surface area (TPSA) is 158 Å². The number of nitro groups is 1. The van der Waals surface area contributed by atoms with Gasteiger partial charge in [0, 0.05) is 30.1 Å².